The maximum Gasteiger partial charge on any atom is 0.190 e. The molecule has 0 spiro atoms. The largest absolute Gasteiger partial charge is 0.292 e. The van der Waals surface area contributed by atoms with Gasteiger partial charge in [-0.25, -0.2) is 8.42 Å². The molecule has 3 nitrogen and oxygen atoms in total. The minimum Gasteiger partial charge on any atom is -0.292 e. The van der Waals surface area contributed by atoms with Gasteiger partial charge in [-0.05, 0) is 35.8 Å². The summed E-state index contributed by atoms with van der Waals surface area (Å²) < 4.78 is 23.3. The molecule has 0 saturated carbocycles. The number of thiophene rings is 1. The van der Waals surface area contributed by atoms with Gasteiger partial charge in [0.05, 0.1) is 4.88 Å². The average molecular weight is 311 g/mol. The molecule has 0 saturated heterocycles. The molecule has 0 N–H and O–H groups in total. The van der Waals surface area contributed by atoms with Crippen molar-refractivity contribution >= 4 is 42.9 Å². The van der Waals surface area contributed by atoms with E-state index in [2.05, 4.69) is 15.9 Å². The molecular weight excluding hydrogens is 300 g/mol. The zero-order valence-corrected chi connectivity index (χ0v) is 11.8. The summed E-state index contributed by atoms with van der Waals surface area (Å²) in [5.41, 5.74) is 0. The predicted octanol–water partition coefficient (Wildman–Crippen LogP) is 2.43. The van der Waals surface area contributed by atoms with Crippen LogP contribution in [0.4, 0.5) is 0 Å². The lowest BCUT2D eigenvalue weighted by atomic mass is 10.2. The highest BCUT2D eigenvalue weighted by atomic mass is 79.9. The lowest BCUT2D eigenvalue weighted by Crippen LogP contribution is -2.25. The Morgan fingerprint density at radius 3 is 2.40 bits per heavy atom. The third kappa shape index (κ3) is 2.89. The number of rotatable bonds is 3. The van der Waals surface area contributed by atoms with Crippen LogP contribution in [0.5, 0.6) is 0 Å². The number of aryl methyl sites for hydroxylation is 1. The fourth-order valence-corrected chi connectivity index (χ4v) is 3.13. The fraction of sp³-hybridized carbons (Fsp3) is 0.444. The summed E-state index contributed by atoms with van der Waals surface area (Å²) in [6, 6.07) is 1.67. The maximum atomic E-state index is 11.8. The van der Waals surface area contributed by atoms with Gasteiger partial charge in [-0.1, -0.05) is 0 Å². The zero-order chi connectivity index (χ0) is 11.8. The topological polar surface area (TPSA) is 51.2 Å². The summed E-state index contributed by atoms with van der Waals surface area (Å²) in [6.07, 6.45) is 1.07. The first-order valence-corrected chi connectivity index (χ1v) is 7.79. The number of carbonyl (C=O) groups is 1. The van der Waals surface area contributed by atoms with E-state index in [1.165, 1.54) is 18.3 Å². The molecule has 0 amide bonds. The summed E-state index contributed by atoms with van der Waals surface area (Å²) in [5.74, 6) is -0.337. The van der Waals surface area contributed by atoms with Gasteiger partial charge in [0.15, 0.2) is 15.6 Å². The van der Waals surface area contributed by atoms with Crippen molar-refractivity contribution in [3.8, 4) is 0 Å². The van der Waals surface area contributed by atoms with Crippen LogP contribution in [0.25, 0.3) is 0 Å². The molecule has 0 fully saturated rings. The monoisotopic (exact) mass is 310 g/mol. The minimum absolute atomic E-state index is 0.337. The number of hydrogen-bond donors (Lipinski definition) is 0. The Bertz CT molecular complexity index is 468. The minimum atomic E-state index is -3.31. The van der Waals surface area contributed by atoms with Crippen LogP contribution in [0.15, 0.2) is 10.5 Å². The second-order valence-electron chi connectivity index (χ2n) is 3.35. The highest BCUT2D eigenvalue weighted by Crippen LogP contribution is 2.27. The van der Waals surface area contributed by atoms with Crippen LogP contribution < -0.4 is 0 Å². The van der Waals surface area contributed by atoms with Gasteiger partial charge < -0.3 is 0 Å². The summed E-state index contributed by atoms with van der Waals surface area (Å²) in [6.45, 7) is 3.29. The van der Waals surface area contributed by atoms with Crippen molar-refractivity contribution in [2.24, 2.45) is 0 Å². The molecule has 6 heteroatoms. The standard InChI is InChI=1S/C9H11BrO3S2/c1-5-7(10)4-8(14-5)9(11)6(2)15(3,12)13/h4,6H,1-3H3. The molecule has 1 aromatic rings. The molecule has 1 unspecified atom stereocenters. The summed E-state index contributed by atoms with van der Waals surface area (Å²) in [7, 11) is -3.31. The number of halogens is 1. The van der Waals surface area contributed by atoms with Crippen molar-refractivity contribution in [3.05, 3.63) is 20.3 Å². The Morgan fingerprint density at radius 1 is 1.53 bits per heavy atom. The number of ketones is 1. The Balaban J connectivity index is 3.06. The molecule has 1 aromatic heterocycles. The van der Waals surface area contributed by atoms with Gasteiger partial charge in [-0.3, -0.25) is 4.79 Å². The smallest absolute Gasteiger partial charge is 0.190 e. The van der Waals surface area contributed by atoms with E-state index in [-0.39, 0.29) is 5.78 Å². The van der Waals surface area contributed by atoms with E-state index in [1.54, 1.807) is 6.07 Å². The van der Waals surface area contributed by atoms with Crippen molar-refractivity contribution in [2.75, 3.05) is 6.26 Å². The third-order valence-corrected chi connectivity index (χ3v) is 5.76. The lowest BCUT2D eigenvalue weighted by Gasteiger charge is -2.05. The molecule has 0 aliphatic rings. The second kappa shape index (κ2) is 4.35. The molecule has 84 valence electrons. The van der Waals surface area contributed by atoms with Crippen LogP contribution in [0, 0.1) is 6.92 Å². The van der Waals surface area contributed by atoms with E-state index in [0.717, 1.165) is 15.6 Å². The van der Waals surface area contributed by atoms with Crippen molar-refractivity contribution in [1.82, 2.24) is 0 Å². The van der Waals surface area contributed by atoms with Gasteiger partial charge in [0.1, 0.15) is 5.25 Å². The molecule has 1 rings (SSSR count). The van der Waals surface area contributed by atoms with Crippen LogP contribution >= 0.6 is 27.3 Å². The van der Waals surface area contributed by atoms with Gasteiger partial charge >= 0.3 is 0 Å². The summed E-state index contributed by atoms with van der Waals surface area (Å²) in [5, 5.41) is -0.970. The highest BCUT2D eigenvalue weighted by molar-refractivity contribution is 9.10. The van der Waals surface area contributed by atoms with E-state index in [9.17, 15) is 13.2 Å². The van der Waals surface area contributed by atoms with E-state index >= 15 is 0 Å². The molecule has 0 aromatic carbocycles. The number of Topliss-reactive ketones (excluding diaryl/α,β-unsaturated/α-hetero) is 1. The Kier molecular flexibility index (Phi) is 3.73. The van der Waals surface area contributed by atoms with Crippen molar-refractivity contribution in [3.63, 3.8) is 0 Å². The van der Waals surface area contributed by atoms with Crippen LogP contribution in [0.3, 0.4) is 0 Å². The molecule has 1 atom stereocenters. The maximum absolute atomic E-state index is 11.8. The van der Waals surface area contributed by atoms with Gasteiger partial charge in [0, 0.05) is 15.6 Å². The van der Waals surface area contributed by atoms with Gasteiger partial charge in [-0.15, -0.1) is 11.3 Å². The van der Waals surface area contributed by atoms with Gasteiger partial charge in [-0.2, -0.15) is 0 Å². The van der Waals surface area contributed by atoms with E-state index in [4.69, 9.17) is 0 Å². The SMILES string of the molecule is Cc1sc(C(=O)C(C)S(C)(=O)=O)cc1Br. The molecule has 1 heterocycles. The van der Waals surface area contributed by atoms with Gasteiger partial charge in [0.2, 0.25) is 0 Å². The summed E-state index contributed by atoms with van der Waals surface area (Å²) >= 11 is 4.60. The van der Waals surface area contributed by atoms with Crippen molar-refractivity contribution in [2.45, 2.75) is 19.1 Å². The Labute approximate surface area is 102 Å². The number of sulfone groups is 1. The molecule has 0 aliphatic heterocycles. The molecule has 0 bridgehead atoms. The quantitative estimate of drug-likeness (QED) is 0.806. The van der Waals surface area contributed by atoms with Crippen molar-refractivity contribution < 1.29 is 13.2 Å². The average Bonchev–Trinajstić information content (AvgIpc) is 2.43. The normalized spacial score (nSPS) is 13.9. The van der Waals surface area contributed by atoms with Crippen molar-refractivity contribution in [1.29, 1.82) is 0 Å². The highest BCUT2D eigenvalue weighted by Gasteiger charge is 2.26. The lowest BCUT2D eigenvalue weighted by molar-refractivity contribution is 0.0995. The first kappa shape index (κ1) is 12.9. The van der Waals surface area contributed by atoms with E-state index in [0.29, 0.717) is 4.88 Å². The third-order valence-electron chi connectivity index (χ3n) is 2.11. The van der Waals surface area contributed by atoms with Crippen LogP contribution in [-0.4, -0.2) is 25.7 Å². The van der Waals surface area contributed by atoms with Gasteiger partial charge in [0.25, 0.3) is 0 Å². The van der Waals surface area contributed by atoms with Crippen LogP contribution in [0.1, 0.15) is 21.5 Å². The Hall–Kier alpha value is -0.200. The zero-order valence-electron chi connectivity index (χ0n) is 8.57. The van der Waals surface area contributed by atoms with E-state index < -0.39 is 15.1 Å². The fourth-order valence-electron chi connectivity index (χ4n) is 0.976. The first-order chi connectivity index (χ1) is 6.73. The predicted molar refractivity (Wildman–Crippen MR) is 65.4 cm³/mol. The van der Waals surface area contributed by atoms with E-state index in [1.807, 2.05) is 6.92 Å². The molecule has 0 aliphatic carbocycles. The molecule has 15 heavy (non-hydrogen) atoms. The number of hydrogen-bond acceptors (Lipinski definition) is 4. The second-order valence-corrected chi connectivity index (χ2v) is 7.83. The summed E-state index contributed by atoms with van der Waals surface area (Å²) in [4.78, 5) is 13.2. The first-order valence-electron chi connectivity index (χ1n) is 4.22. The Morgan fingerprint density at radius 2 is 2.07 bits per heavy atom. The molecule has 0 radical (unpaired) electrons. The number of carbonyl (C=O) groups excluding carboxylic acids is 1. The molecular formula is C9H11BrO3S2. The van der Waals surface area contributed by atoms with Crippen LogP contribution in [-0.2, 0) is 9.84 Å². The van der Waals surface area contributed by atoms with Crippen LogP contribution in [0.2, 0.25) is 0 Å².